The van der Waals surface area contributed by atoms with E-state index < -0.39 is 5.54 Å². The van der Waals surface area contributed by atoms with Crippen LogP contribution in [-0.2, 0) is 10.3 Å². The third kappa shape index (κ3) is 3.49. The molecular weight excluding hydrogens is 388 g/mol. The number of nitrogens with one attached hydrogen (secondary N) is 1. The number of nitrogens with zero attached hydrogens (tertiary/aromatic N) is 3. The van der Waals surface area contributed by atoms with E-state index in [1.165, 1.54) is 11.0 Å². The van der Waals surface area contributed by atoms with E-state index in [1.54, 1.807) is 26.2 Å². The van der Waals surface area contributed by atoms with Gasteiger partial charge in [-0.2, -0.15) is 4.98 Å². The van der Waals surface area contributed by atoms with Crippen LogP contribution in [0.4, 0.5) is 0 Å². The van der Waals surface area contributed by atoms with E-state index in [1.807, 2.05) is 0 Å². The topological polar surface area (TPSA) is 115 Å². The van der Waals surface area contributed by atoms with Crippen molar-refractivity contribution in [1.82, 2.24) is 20.4 Å². The highest BCUT2D eigenvalue weighted by molar-refractivity contribution is 6.22. The van der Waals surface area contributed by atoms with Gasteiger partial charge in [-0.25, -0.2) is 0 Å². The maximum absolute atomic E-state index is 13.0. The zero-order valence-electron chi connectivity index (χ0n) is 17.1. The van der Waals surface area contributed by atoms with Crippen molar-refractivity contribution in [1.29, 1.82) is 0 Å². The number of amides is 3. The van der Waals surface area contributed by atoms with E-state index >= 15 is 0 Å². The second-order valence-electron chi connectivity index (χ2n) is 7.75. The molecule has 0 saturated heterocycles. The summed E-state index contributed by atoms with van der Waals surface area (Å²) in [5, 5.41) is 7.08. The molecule has 9 nitrogen and oxygen atoms in total. The van der Waals surface area contributed by atoms with E-state index in [9.17, 15) is 14.4 Å². The molecule has 1 fully saturated rings. The molecule has 0 unspecified atom stereocenters. The molecule has 3 amide bonds. The van der Waals surface area contributed by atoms with Gasteiger partial charge in [-0.05, 0) is 37.5 Å². The summed E-state index contributed by atoms with van der Waals surface area (Å²) in [4.78, 5) is 43.8. The normalized spacial score (nSPS) is 17.5. The minimum atomic E-state index is -0.681. The van der Waals surface area contributed by atoms with Gasteiger partial charge >= 0.3 is 0 Å². The van der Waals surface area contributed by atoms with Gasteiger partial charge < -0.3 is 14.6 Å². The second-order valence-corrected chi connectivity index (χ2v) is 7.75. The molecule has 1 aromatic carbocycles. The molecule has 30 heavy (non-hydrogen) atoms. The van der Waals surface area contributed by atoms with Crippen molar-refractivity contribution in [3.05, 3.63) is 46.6 Å². The molecule has 0 radical (unpaired) electrons. The molecule has 1 saturated carbocycles. The minimum Gasteiger partial charge on any atom is -0.385 e. The summed E-state index contributed by atoms with van der Waals surface area (Å²) in [6.07, 6.45) is 3.88. The molecule has 1 aliphatic carbocycles. The summed E-state index contributed by atoms with van der Waals surface area (Å²) in [6.45, 7) is 2.45. The van der Waals surface area contributed by atoms with Crippen molar-refractivity contribution in [2.75, 3.05) is 20.3 Å². The fourth-order valence-electron chi connectivity index (χ4n) is 4.17. The van der Waals surface area contributed by atoms with Crippen LogP contribution in [0.1, 0.15) is 74.9 Å². The van der Waals surface area contributed by atoms with Crippen molar-refractivity contribution >= 4 is 17.7 Å². The van der Waals surface area contributed by atoms with Crippen molar-refractivity contribution in [2.24, 2.45) is 0 Å². The van der Waals surface area contributed by atoms with Gasteiger partial charge in [0.2, 0.25) is 5.89 Å². The van der Waals surface area contributed by atoms with Gasteiger partial charge in [0.15, 0.2) is 5.82 Å². The number of imide groups is 1. The van der Waals surface area contributed by atoms with Gasteiger partial charge in [-0.15, -0.1) is 0 Å². The Labute approximate surface area is 173 Å². The van der Waals surface area contributed by atoms with Gasteiger partial charge in [-0.3, -0.25) is 19.3 Å². The molecule has 4 rings (SSSR count). The standard InChI is InChI=1S/C21H24N4O5/c1-13-22-20(24-30-13)21(8-3-4-9-21)23-17(26)14-6-7-15-16(12-14)19(28)25(18(15)27)10-5-11-29-2/h6-7,12H,3-5,8-11H2,1-2H3,(H,23,26). The van der Waals surface area contributed by atoms with Gasteiger partial charge in [0.05, 0.1) is 11.1 Å². The lowest BCUT2D eigenvalue weighted by Gasteiger charge is -2.26. The van der Waals surface area contributed by atoms with Gasteiger partial charge in [0.25, 0.3) is 17.7 Å². The van der Waals surface area contributed by atoms with Crippen LogP contribution in [0, 0.1) is 6.92 Å². The van der Waals surface area contributed by atoms with Gasteiger partial charge in [0.1, 0.15) is 5.54 Å². The first kappa shape index (κ1) is 20.2. The molecular formula is C21H24N4O5. The highest BCUT2D eigenvalue weighted by Crippen LogP contribution is 2.37. The highest BCUT2D eigenvalue weighted by atomic mass is 16.5. The van der Waals surface area contributed by atoms with Crippen LogP contribution in [-0.4, -0.2) is 53.0 Å². The Hall–Kier alpha value is -3.07. The quantitative estimate of drug-likeness (QED) is 0.548. The van der Waals surface area contributed by atoms with E-state index in [4.69, 9.17) is 9.26 Å². The van der Waals surface area contributed by atoms with Crippen molar-refractivity contribution in [3.63, 3.8) is 0 Å². The van der Waals surface area contributed by atoms with Crippen LogP contribution in [0.15, 0.2) is 22.7 Å². The smallest absolute Gasteiger partial charge is 0.261 e. The highest BCUT2D eigenvalue weighted by Gasteiger charge is 2.42. The molecule has 0 bridgehead atoms. The Morgan fingerprint density at radius 1 is 1.23 bits per heavy atom. The molecule has 2 aliphatic rings. The third-order valence-electron chi connectivity index (χ3n) is 5.73. The average molecular weight is 412 g/mol. The SMILES string of the molecule is COCCCN1C(=O)c2ccc(C(=O)NC3(c4noc(C)n4)CCCC3)cc2C1=O. The first-order valence-electron chi connectivity index (χ1n) is 10.1. The van der Waals surface area contributed by atoms with Crippen molar-refractivity contribution < 1.29 is 23.6 Å². The predicted octanol–water partition coefficient (Wildman–Crippen LogP) is 2.21. The number of ether oxygens (including phenoxy) is 1. The molecule has 0 atom stereocenters. The molecule has 1 aromatic heterocycles. The fourth-order valence-corrected chi connectivity index (χ4v) is 4.17. The van der Waals surface area contributed by atoms with Gasteiger partial charge in [-0.1, -0.05) is 18.0 Å². The van der Waals surface area contributed by atoms with Crippen LogP contribution in [0.3, 0.4) is 0 Å². The summed E-state index contributed by atoms with van der Waals surface area (Å²) in [5.74, 6) is -0.138. The molecule has 2 aromatic rings. The van der Waals surface area contributed by atoms with E-state index in [0.29, 0.717) is 48.7 Å². The first-order valence-corrected chi connectivity index (χ1v) is 10.1. The van der Waals surface area contributed by atoms with Gasteiger partial charge in [0, 0.05) is 32.7 Å². The maximum Gasteiger partial charge on any atom is 0.261 e. The first-order chi connectivity index (χ1) is 14.4. The zero-order valence-corrected chi connectivity index (χ0v) is 17.1. The minimum absolute atomic E-state index is 0.251. The molecule has 1 N–H and O–H groups in total. The summed E-state index contributed by atoms with van der Waals surface area (Å²) in [5.41, 5.74) is 0.208. The van der Waals surface area contributed by atoms with Crippen LogP contribution in [0.5, 0.6) is 0 Å². The third-order valence-corrected chi connectivity index (χ3v) is 5.73. The number of carbonyl (C=O) groups is 3. The zero-order chi connectivity index (χ0) is 21.3. The lowest BCUT2D eigenvalue weighted by molar-refractivity contribution is 0.0638. The van der Waals surface area contributed by atoms with Crippen LogP contribution in [0.2, 0.25) is 0 Å². The van der Waals surface area contributed by atoms with Crippen LogP contribution >= 0.6 is 0 Å². The summed E-state index contributed by atoms with van der Waals surface area (Å²) in [6, 6.07) is 4.61. The number of aromatic nitrogens is 2. The van der Waals surface area contributed by atoms with Crippen molar-refractivity contribution in [3.8, 4) is 0 Å². The Morgan fingerprint density at radius 2 is 1.97 bits per heavy atom. The number of benzene rings is 1. The average Bonchev–Trinajstić information content (AvgIpc) is 3.44. The molecule has 1 aliphatic heterocycles. The number of rotatable bonds is 7. The molecule has 158 valence electrons. The van der Waals surface area contributed by atoms with Crippen molar-refractivity contribution in [2.45, 2.75) is 44.6 Å². The number of hydrogen-bond donors (Lipinski definition) is 1. The van der Waals surface area contributed by atoms with Crippen LogP contribution < -0.4 is 5.32 Å². The lowest BCUT2D eigenvalue weighted by Crippen LogP contribution is -2.44. The summed E-state index contributed by atoms with van der Waals surface area (Å²) in [7, 11) is 1.57. The second kappa shape index (κ2) is 7.98. The molecule has 9 heteroatoms. The summed E-state index contributed by atoms with van der Waals surface area (Å²) >= 11 is 0. The lowest BCUT2D eigenvalue weighted by atomic mass is 9.95. The Bertz CT molecular complexity index is 993. The Kier molecular flexibility index (Phi) is 5.38. The number of methoxy groups -OCH3 is 1. The number of carbonyl (C=O) groups excluding carboxylic acids is 3. The Morgan fingerprint density at radius 3 is 2.63 bits per heavy atom. The predicted molar refractivity (Wildman–Crippen MR) is 105 cm³/mol. The fraction of sp³-hybridized carbons (Fsp3) is 0.476. The van der Waals surface area contributed by atoms with E-state index in [-0.39, 0.29) is 29.8 Å². The summed E-state index contributed by atoms with van der Waals surface area (Å²) < 4.78 is 10.1. The van der Waals surface area contributed by atoms with E-state index in [0.717, 1.165) is 12.8 Å². The largest absolute Gasteiger partial charge is 0.385 e. The number of aryl methyl sites for hydroxylation is 1. The maximum atomic E-state index is 13.0. The van der Waals surface area contributed by atoms with Crippen LogP contribution in [0.25, 0.3) is 0 Å². The number of hydrogen-bond acceptors (Lipinski definition) is 7. The van der Waals surface area contributed by atoms with E-state index in [2.05, 4.69) is 15.5 Å². The number of fused-ring (bicyclic) bond motifs is 1. The molecule has 0 spiro atoms. The Balaban J connectivity index is 1.55. The monoisotopic (exact) mass is 412 g/mol. The molecule has 2 heterocycles.